The van der Waals surface area contributed by atoms with Crippen molar-refractivity contribution < 1.29 is 9.18 Å². The van der Waals surface area contributed by atoms with E-state index in [9.17, 15) is 9.18 Å². The molecule has 0 atom stereocenters. The van der Waals surface area contributed by atoms with Gasteiger partial charge in [0.2, 0.25) is 0 Å². The van der Waals surface area contributed by atoms with Gasteiger partial charge < -0.3 is 0 Å². The molecule has 0 aromatic heterocycles. The van der Waals surface area contributed by atoms with E-state index in [2.05, 4.69) is 20.8 Å². The molecule has 21 heavy (non-hydrogen) atoms. The maximum atomic E-state index is 13.8. The standard InChI is InChI=1S/C17H23BrFNO/c1-17(2,20-9-5-3-4-6-10-20)16(21)12-13-11-14(18)7-8-15(13)19/h7-8,11H,3-6,9-10,12H2,1-2H3. The lowest BCUT2D eigenvalue weighted by Crippen LogP contribution is -2.51. The summed E-state index contributed by atoms with van der Waals surface area (Å²) >= 11 is 3.34. The van der Waals surface area contributed by atoms with Crippen LogP contribution in [0.1, 0.15) is 45.1 Å². The fourth-order valence-corrected chi connectivity index (χ4v) is 3.28. The molecule has 1 saturated heterocycles. The number of carbonyl (C=O) groups excluding carboxylic acids is 1. The van der Waals surface area contributed by atoms with E-state index in [1.54, 1.807) is 12.1 Å². The van der Waals surface area contributed by atoms with Crippen LogP contribution in [0.15, 0.2) is 22.7 Å². The van der Waals surface area contributed by atoms with Gasteiger partial charge in [0, 0.05) is 10.9 Å². The molecule has 0 unspecified atom stereocenters. The van der Waals surface area contributed by atoms with Crippen molar-refractivity contribution in [1.82, 2.24) is 4.90 Å². The van der Waals surface area contributed by atoms with Crippen LogP contribution < -0.4 is 0 Å². The molecule has 0 spiro atoms. The number of carbonyl (C=O) groups is 1. The average molecular weight is 356 g/mol. The Morgan fingerprint density at radius 1 is 1.24 bits per heavy atom. The minimum absolute atomic E-state index is 0.0846. The smallest absolute Gasteiger partial charge is 0.156 e. The van der Waals surface area contributed by atoms with Gasteiger partial charge in [0.1, 0.15) is 5.82 Å². The molecular weight excluding hydrogens is 333 g/mol. The zero-order chi connectivity index (χ0) is 15.5. The van der Waals surface area contributed by atoms with E-state index in [0.717, 1.165) is 30.4 Å². The first-order valence-corrected chi connectivity index (χ1v) is 8.43. The zero-order valence-corrected chi connectivity index (χ0v) is 14.4. The van der Waals surface area contributed by atoms with E-state index in [0.29, 0.717) is 5.56 Å². The minimum atomic E-state index is -0.529. The van der Waals surface area contributed by atoms with Crippen LogP contribution >= 0.6 is 15.9 Å². The Bertz CT molecular complexity index is 508. The Kier molecular flexibility index (Phi) is 5.55. The molecule has 1 heterocycles. The van der Waals surface area contributed by atoms with Crippen LogP contribution in [-0.4, -0.2) is 29.3 Å². The van der Waals surface area contributed by atoms with Crippen molar-refractivity contribution in [1.29, 1.82) is 0 Å². The summed E-state index contributed by atoms with van der Waals surface area (Å²) < 4.78 is 14.6. The monoisotopic (exact) mass is 355 g/mol. The number of nitrogens with zero attached hydrogens (tertiary/aromatic N) is 1. The molecule has 0 radical (unpaired) electrons. The highest BCUT2D eigenvalue weighted by molar-refractivity contribution is 9.10. The van der Waals surface area contributed by atoms with Crippen molar-refractivity contribution in [2.24, 2.45) is 0 Å². The molecule has 0 N–H and O–H groups in total. The summed E-state index contributed by atoms with van der Waals surface area (Å²) in [6.45, 7) is 5.85. The van der Waals surface area contributed by atoms with E-state index in [1.165, 1.54) is 18.9 Å². The number of halogens is 2. The van der Waals surface area contributed by atoms with Gasteiger partial charge in [-0.2, -0.15) is 0 Å². The third-order valence-electron chi connectivity index (χ3n) is 4.44. The van der Waals surface area contributed by atoms with E-state index < -0.39 is 5.54 Å². The highest BCUT2D eigenvalue weighted by Crippen LogP contribution is 2.24. The first kappa shape index (κ1) is 16.6. The van der Waals surface area contributed by atoms with Crippen LogP contribution in [0.3, 0.4) is 0 Å². The number of likely N-dealkylation sites (tertiary alicyclic amines) is 1. The minimum Gasteiger partial charge on any atom is -0.297 e. The average Bonchev–Trinajstić information content (AvgIpc) is 2.72. The van der Waals surface area contributed by atoms with Crippen molar-refractivity contribution >= 4 is 21.7 Å². The van der Waals surface area contributed by atoms with Gasteiger partial charge in [0.05, 0.1) is 5.54 Å². The molecule has 0 amide bonds. The number of rotatable bonds is 4. The third kappa shape index (κ3) is 4.13. The molecular formula is C17H23BrFNO. The normalized spacial score (nSPS) is 17.5. The number of hydrogen-bond acceptors (Lipinski definition) is 2. The molecule has 1 fully saturated rings. The van der Waals surface area contributed by atoms with Crippen molar-refractivity contribution in [3.05, 3.63) is 34.1 Å². The molecule has 0 saturated carbocycles. The van der Waals surface area contributed by atoms with Gasteiger partial charge in [0.15, 0.2) is 5.78 Å². The molecule has 1 aliphatic heterocycles. The molecule has 0 aliphatic carbocycles. The second kappa shape index (κ2) is 7.01. The molecule has 4 heteroatoms. The van der Waals surface area contributed by atoms with E-state index in [4.69, 9.17) is 0 Å². The van der Waals surface area contributed by atoms with Gasteiger partial charge in [-0.3, -0.25) is 9.69 Å². The summed E-state index contributed by atoms with van der Waals surface area (Å²) in [7, 11) is 0. The Morgan fingerprint density at radius 2 is 1.86 bits per heavy atom. The topological polar surface area (TPSA) is 20.3 Å². The number of benzene rings is 1. The predicted molar refractivity (Wildman–Crippen MR) is 86.9 cm³/mol. The fraction of sp³-hybridized carbons (Fsp3) is 0.588. The molecule has 0 bridgehead atoms. The van der Waals surface area contributed by atoms with Crippen molar-refractivity contribution in [3.8, 4) is 0 Å². The van der Waals surface area contributed by atoms with Crippen LogP contribution in [0.4, 0.5) is 4.39 Å². The lowest BCUT2D eigenvalue weighted by atomic mass is 9.91. The van der Waals surface area contributed by atoms with Gasteiger partial charge >= 0.3 is 0 Å². The highest BCUT2D eigenvalue weighted by atomic mass is 79.9. The van der Waals surface area contributed by atoms with Crippen LogP contribution in [0.25, 0.3) is 0 Å². The van der Waals surface area contributed by atoms with Crippen molar-refractivity contribution in [3.63, 3.8) is 0 Å². The molecule has 2 nitrogen and oxygen atoms in total. The van der Waals surface area contributed by atoms with Crippen molar-refractivity contribution in [2.75, 3.05) is 13.1 Å². The summed E-state index contributed by atoms with van der Waals surface area (Å²) in [6.07, 6.45) is 4.90. The number of hydrogen-bond donors (Lipinski definition) is 0. The summed E-state index contributed by atoms with van der Waals surface area (Å²) in [5.41, 5.74) is -0.0590. The molecule has 1 aromatic rings. The third-order valence-corrected chi connectivity index (χ3v) is 4.93. The molecule has 116 valence electrons. The summed E-state index contributed by atoms with van der Waals surface area (Å²) in [5, 5.41) is 0. The van der Waals surface area contributed by atoms with Gasteiger partial charge in [-0.1, -0.05) is 28.8 Å². The van der Waals surface area contributed by atoms with Gasteiger partial charge in [-0.15, -0.1) is 0 Å². The summed E-state index contributed by atoms with van der Waals surface area (Å²) in [4.78, 5) is 14.9. The molecule has 1 aromatic carbocycles. The lowest BCUT2D eigenvalue weighted by molar-refractivity contribution is -0.128. The Balaban J connectivity index is 2.11. The summed E-state index contributed by atoms with van der Waals surface area (Å²) in [6, 6.07) is 4.76. The SMILES string of the molecule is CC(C)(C(=O)Cc1cc(Br)ccc1F)N1CCCCCC1. The van der Waals surface area contributed by atoms with E-state index in [-0.39, 0.29) is 18.0 Å². The summed E-state index contributed by atoms with van der Waals surface area (Å²) in [5.74, 6) is -0.223. The quantitative estimate of drug-likeness (QED) is 0.799. The van der Waals surface area contributed by atoms with Crippen LogP contribution in [0, 0.1) is 5.82 Å². The molecule has 1 aliphatic rings. The molecule has 2 rings (SSSR count). The van der Waals surface area contributed by atoms with Crippen molar-refractivity contribution in [2.45, 2.75) is 51.5 Å². The second-order valence-corrected chi connectivity index (χ2v) is 7.21. The number of ketones is 1. The second-order valence-electron chi connectivity index (χ2n) is 6.30. The van der Waals surface area contributed by atoms with Gasteiger partial charge in [0.25, 0.3) is 0 Å². The highest BCUT2D eigenvalue weighted by Gasteiger charge is 2.34. The lowest BCUT2D eigenvalue weighted by Gasteiger charge is -2.36. The Morgan fingerprint density at radius 3 is 2.48 bits per heavy atom. The van der Waals surface area contributed by atoms with E-state index in [1.807, 2.05) is 13.8 Å². The maximum absolute atomic E-state index is 13.8. The largest absolute Gasteiger partial charge is 0.297 e. The maximum Gasteiger partial charge on any atom is 0.156 e. The Hall–Kier alpha value is -0.740. The first-order chi connectivity index (χ1) is 9.91. The first-order valence-electron chi connectivity index (χ1n) is 7.63. The van der Waals surface area contributed by atoms with Gasteiger partial charge in [-0.05, 0) is 63.5 Å². The number of Topliss-reactive ketones (excluding diaryl/α,β-unsaturated/α-hetero) is 1. The van der Waals surface area contributed by atoms with Crippen LogP contribution in [0.2, 0.25) is 0 Å². The Labute approximate surface area is 134 Å². The van der Waals surface area contributed by atoms with Crippen LogP contribution in [0.5, 0.6) is 0 Å². The predicted octanol–water partition coefficient (Wildman–Crippen LogP) is 4.35. The van der Waals surface area contributed by atoms with E-state index >= 15 is 0 Å². The zero-order valence-electron chi connectivity index (χ0n) is 12.8. The fourth-order valence-electron chi connectivity index (χ4n) is 2.87. The van der Waals surface area contributed by atoms with Gasteiger partial charge in [-0.25, -0.2) is 4.39 Å². The van der Waals surface area contributed by atoms with Crippen LogP contribution in [-0.2, 0) is 11.2 Å².